The normalized spacial score (nSPS) is 15.1. The van der Waals surface area contributed by atoms with Gasteiger partial charge in [-0.25, -0.2) is 9.97 Å². The van der Waals surface area contributed by atoms with Crippen LogP contribution in [0.15, 0.2) is 10.7 Å². The van der Waals surface area contributed by atoms with Gasteiger partial charge in [0.05, 0.1) is 0 Å². The second kappa shape index (κ2) is 6.18. The highest BCUT2D eigenvalue weighted by Gasteiger charge is 2.24. The maximum absolute atomic E-state index is 9.17. The molecule has 1 aromatic heterocycles. The van der Waals surface area contributed by atoms with Crippen molar-refractivity contribution in [1.29, 1.82) is 0 Å². The number of nitrogens with one attached hydrogen (secondary N) is 1. The summed E-state index contributed by atoms with van der Waals surface area (Å²) in [5.41, 5.74) is -0.252. The average Bonchev–Trinajstić information content (AvgIpc) is 2.27. The molecule has 0 radical (unpaired) electrons. The van der Waals surface area contributed by atoms with Crippen molar-refractivity contribution in [3.05, 3.63) is 16.5 Å². The minimum Gasteiger partial charge on any atom is -0.396 e. The topological polar surface area (TPSA) is 58.0 Å². The third-order valence-electron chi connectivity index (χ3n) is 3.24. The minimum atomic E-state index is -0.155. The number of anilines is 1. The monoisotopic (exact) mass is 329 g/mol. The largest absolute Gasteiger partial charge is 0.396 e. The Kier molecular flexibility index (Phi) is 5.33. The Hall–Kier alpha value is -0.680. The Labute approximate surface area is 124 Å². The van der Waals surface area contributed by atoms with E-state index in [0.29, 0.717) is 6.42 Å². The molecule has 1 aromatic rings. The first-order valence-corrected chi connectivity index (χ1v) is 7.43. The molecular weight excluding hydrogens is 306 g/mol. The van der Waals surface area contributed by atoms with Crippen molar-refractivity contribution in [3.63, 3.8) is 0 Å². The van der Waals surface area contributed by atoms with Gasteiger partial charge in [0.2, 0.25) is 0 Å². The number of halogens is 1. The summed E-state index contributed by atoms with van der Waals surface area (Å²) >= 11 is 3.43. The van der Waals surface area contributed by atoms with Crippen LogP contribution in [0, 0.1) is 0 Å². The maximum atomic E-state index is 9.17. The van der Waals surface area contributed by atoms with E-state index in [-0.39, 0.29) is 17.6 Å². The second-order valence-corrected chi connectivity index (χ2v) is 6.97. The van der Waals surface area contributed by atoms with Crippen molar-refractivity contribution in [2.75, 3.05) is 11.9 Å². The maximum Gasteiger partial charge on any atom is 0.137 e. The molecule has 0 amide bonds. The molecule has 0 aliphatic heterocycles. The van der Waals surface area contributed by atoms with Gasteiger partial charge in [-0.15, -0.1) is 0 Å². The third-order valence-corrected chi connectivity index (χ3v) is 3.65. The van der Waals surface area contributed by atoms with Gasteiger partial charge in [0.1, 0.15) is 16.2 Å². The summed E-state index contributed by atoms with van der Waals surface area (Å²) in [6, 6.07) is 1.88. The fourth-order valence-electron chi connectivity index (χ4n) is 1.70. The van der Waals surface area contributed by atoms with E-state index >= 15 is 0 Å². The quantitative estimate of drug-likeness (QED) is 0.812. The first-order chi connectivity index (χ1) is 8.70. The molecule has 5 heteroatoms. The molecule has 0 aliphatic carbocycles. The number of aromatic nitrogens is 2. The van der Waals surface area contributed by atoms with Crippen LogP contribution < -0.4 is 5.32 Å². The zero-order valence-corrected chi connectivity index (χ0v) is 14.0. The van der Waals surface area contributed by atoms with E-state index in [1.165, 1.54) is 0 Å². The SMILES string of the molecule is CCC(C)(CCO)Nc1cc(Br)nc(C(C)(C)C)n1. The Bertz CT molecular complexity index is 431. The molecule has 0 aromatic carbocycles. The summed E-state index contributed by atoms with van der Waals surface area (Å²) in [6.07, 6.45) is 1.61. The number of rotatable bonds is 5. The Morgan fingerprint density at radius 3 is 2.37 bits per heavy atom. The number of aliphatic hydroxyl groups excluding tert-OH is 1. The lowest BCUT2D eigenvalue weighted by Crippen LogP contribution is -2.35. The van der Waals surface area contributed by atoms with Gasteiger partial charge < -0.3 is 10.4 Å². The van der Waals surface area contributed by atoms with Crippen LogP contribution in [0.5, 0.6) is 0 Å². The molecule has 1 unspecified atom stereocenters. The van der Waals surface area contributed by atoms with Gasteiger partial charge in [0, 0.05) is 23.6 Å². The predicted octanol–water partition coefficient (Wildman–Crippen LogP) is 3.50. The van der Waals surface area contributed by atoms with Crippen LogP contribution in [0.3, 0.4) is 0 Å². The molecular formula is C14H24BrN3O. The molecule has 1 atom stereocenters. The van der Waals surface area contributed by atoms with Gasteiger partial charge >= 0.3 is 0 Å². The highest BCUT2D eigenvalue weighted by atomic mass is 79.9. The molecule has 1 rings (SSSR count). The fourth-order valence-corrected chi connectivity index (χ4v) is 2.09. The van der Waals surface area contributed by atoms with Crippen molar-refractivity contribution < 1.29 is 5.11 Å². The standard InChI is InChI=1S/C14H24BrN3O/c1-6-14(5,7-8-19)18-11-9-10(15)16-12(17-11)13(2,3)4/h9,19H,6-8H2,1-5H3,(H,16,17,18). The van der Waals surface area contributed by atoms with Crippen molar-refractivity contribution in [3.8, 4) is 0 Å². The highest BCUT2D eigenvalue weighted by molar-refractivity contribution is 9.10. The van der Waals surface area contributed by atoms with Crippen LogP contribution in [0.4, 0.5) is 5.82 Å². The van der Waals surface area contributed by atoms with Crippen LogP contribution in [0.1, 0.15) is 53.3 Å². The van der Waals surface area contributed by atoms with Crippen molar-refractivity contribution in [2.24, 2.45) is 0 Å². The summed E-state index contributed by atoms with van der Waals surface area (Å²) in [5, 5.41) is 12.6. The van der Waals surface area contributed by atoms with E-state index in [2.05, 4.69) is 65.8 Å². The predicted molar refractivity (Wildman–Crippen MR) is 82.5 cm³/mol. The Morgan fingerprint density at radius 2 is 1.89 bits per heavy atom. The van der Waals surface area contributed by atoms with Gasteiger partial charge in [0.25, 0.3) is 0 Å². The van der Waals surface area contributed by atoms with Crippen LogP contribution in [0.2, 0.25) is 0 Å². The van der Waals surface area contributed by atoms with Crippen LogP contribution in [0.25, 0.3) is 0 Å². The second-order valence-electron chi connectivity index (χ2n) is 6.16. The van der Waals surface area contributed by atoms with Crippen molar-refractivity contribution in [1.82, 2.24) is 9.97 Å². The van der Waals surface area contributed by atoms with E-state index < -0.39 is 0 Å². The van der Waals surface area contributed by atoms with E-state index in [4.69, 9.17) is 5.11 Å². The molecule has 0 bridgehead atoms. The summed E-state index contributed by atoms with van der Waals surface area (Å²) in [7, 11) is 0. The van der Waals surface area contributed by atoms with Crippen LogP contribution >= 0.6 is 15.9 Å². The van der Waals surface area contributed by atoms with Gasteiger partial charge in [-0.3, -0.25) is 0 Å². The first kappa shape index (κ1) is 16.4. The van der Waals surface area contributed by atoms with Crippen LogP contribution in [-0.2, 0) is 5.41 Å². The van der Waals surface area contributed by atoms with E-state index in [9.17, 15) is 0 Å². The molecule has 0 fully saturated rings. The van der Waals surface area contributed by atoms with Gasteiger partial charge in [-0.05, 0) is 35.7 Å². The number of aliphatic hydroxyl groups is 1. The minimum absolute atomic E-state index is 0.0974. The van der Waals surface area contributed by atoms with Crippen LogP contribution in [-0.4, -0.2) is 27.2 Å². The fraction of sp³-hybridized carbons (Fsp3) is 0.714. The van der Waals surface area contributed by atoms with Gasteiger partial charge in [-0.2, -0.15) is 0 Å². The van der Waals surface area contributed by atoms with Crippen molar-refractivity contribution >= 4 is 21.7 Å². The molecule has 0 saturated carbocycles. The molecule has 1 heterocycles. The summed E-state index contributed by atoms with van der Waals surface area (Å²) < 4.78 is 0.775. The summed E-state index contributed by atoms with van der Waals surface area (Å²) in [4.78, 5) is 9.01. The van der Waals surface area contributed by atoms with E-state index in [1.54, 1.807) is 0 Å². The Morgan fingerprint density at radius 1 is 1.26 bits per heavy atom. The Balaban J connectivity index is 3.04. The molecule has 108 valence electrons. The van der Waals surface area contributed by atoms with E-state index in [0.717, 1.165) is 22.7 Å². The molecule has 19 heavy (non-hydrogen) atoms. The third kappa shape index (κ3) is 4.73. The first-order valence-electron chi connectivity index (χ1n) is 6.64. The van der Waals surface area contributed by atoms with Crippen molar-refractivity contribution in [2.45, 2.75) is 58.4 Å². The lowest BCUT2D eigenvalue weighted by atomic mass is 9.94. The summed E-state index contributed by atoms with van der Waals surface area (Å²) in [6.45, 7) is 10.6. The average molecular weight is 330 g/mol. The molecule has 0 aliphatic rings. The number of hydrogen-bond donors (Lipinski definition) is 2. The lowest BCUT2D eigenvalue weighted by molar-refractivity contribution is 0.251. The summed E-state index contributed by atoms with van der Waals surface area (Å²) in [5.74, 6) is 1.59. The molecule has 0 saturated heterocycles. The van der Waals surface area contributed by atoms with Gasteiger partial charge in [-0.1, -0.05) is 27.7 Å². The molecule has 4 nitrogen and oxygen atoms in total. The van der Waals surface area contributed by atoms with Gasteiger partial charge in [0.15, 0.2) is 0 Å². The zero-order valence-electron chi connectivity index (χ0n) is 12.4. The molecule has 0 spiro atoms. The highest BCUT2D eigenvalue weighted by Crippen LogP contribution is 2.26. The lowest BCUT2D eigenvalue weighted by Gasteiger charge is -2.30. The van der Waals surface area contributed by atoms with E-state index in [1.807, 2.05) is 6.07 Å². The smallest absolute Gasteiger partial charge is 0.137 e. The zero-order chi connectivity index (χ0) is 14.7. The molecule has 2 N–H and O–H groups in total. The number of hydrogen-bond acceptors (Lipinski definition) is 4. The number of nitrogens with zero attached hydrogens (tertiary/aromatic N) is 2.